The van der Waals surface area contributed by atoms with Crippen molar-refractivity contribution in [1.29, 1.82) is 0 Å². The summed E-state index contributed by atoms with van der Waals surface area (Å²) >= 11 is 0. The number of nitrogens with zero attached hydrogens (tertiary/aromatic N) is 4. The predicted octanol–water partition coefficient (Wildman–Crippen LogP) is 0.883. The van der Waals surface area contributed by atoms with E-state index in [4.69, 9.17) is 0 Å². The molecule has 0 bridgehead atoms. The van der Waals surface area contributed by atoms with Crippen LogP contribution in [0.25, 0.3) is 11.2 Å². The molecular formula is C13H18N4O2. The molecule has 0 radical (unpaired) electrons. The largest absolute Gasteiger partial charge is 0.332 e. The third-order valence-electron chi connectivity index (χ3n) is 3.19. The first-order valence-electron chi connectivity index (χ1n) is 6.37. The zero-order chi connectivity index (χ0) is 14.0. The van der Waals surface area contributed by atoms with Gasteiger partial charge in [0.25, 0.3) is 5.56 Å². The molecule has 0 aliphatic heterocycles. The zero-order valence-electron chi connectivity index (χ0n) is 11.3. The molecule has 2 aromatic heterocycles. The number of hydrogen-bond donors (Lipinski definition) is 0. The minimum absolute atomic E-state index is 0.270. The Bertz CT molecular complexity index is 721. The van der Waals surface area contributed by atoms with E-state index in [-0.39, 0.29) is 11.2 Å². The normalized spacial score (nSPS) is 11.1. The van der Waals surface area contributed by atoms with Crippen molar-refractivity contribution in [3.63, 3.8) is 0 Å². The fraction of sp³-hybridized carbons (Fsp3) is 0.462. The maximum absolute atomic E-state index is 12.4. The standard InChI is InChI=1S/C13H18N4O2/c1-4-6-7-8-17-12(18)10-11(14-9-15(10)3)16(5-2)13(17)19/h4,9H,1,5-8H2,2-3H3. The van der Waals surface area contributed by atoms with Crippen molar-refractivity contribution in [2.45, 2.75) is 32.9 Å². The number of rotatable bonds is 5. The maximum Gasteiger partial charge on any atom is 0.332 e. The number of aryl methyl sites for hydroxylation is 2. The van der Waals surface area contributed by atoms with Crippen molar-refractivity contribution < 1.29 is 0 Å². The Balaban J connectivity index is 2.69. The maximum atomic E-state index is 12.4. The number of aromatic nitrogens is 4. The van der Waals surface area contributed by atoms with E-state index in [0.717, 1.165) is 12.8 Å². The molecular weight excluding hydrogens is 244 g/mol. The Kier molecular flexibility index (Phi) is 3.69. The van der Waals surface area contributed by atoms with Crippen LogP contribution in [-0.4, -0.2) is 18.7 Å². The van der Waals surface area contributed by atoms with Crippen molar-refractivity contribution in [3.8, 4) is 0 Å². The monoisotopic (exact) mass is 262 g/mol. The molecule has 0 aliphatic rings. The van der Waals surface area contributed by atoms with Crippen LogP contribution >= 0.6 is 0 Å². The first kappa shape index (κ1) is 13.3. The minimum atomic E-state index is -0.289. The fourth-order valence-corrected chi connectivity index (χ4v) is 2.19. The SMILES string of the molecule is C=CCCCn1c(=O)c2c(ncn2C)n(CC)c1=O. The fourth-order valence-electron chi connectivity index (χ4n) is 2.19. The summed E-state index contributed by atoms with van der Waals surface area (Å²) in [5.74, 6) is 0. The summed E-state index contributed by atoms with van der Waals surface area (Å²) in [4.78, 5) is 28.8. The van der Waals surface area contributed by atoms with Gasteiger partial charge in [0.1, 0.15) is 0 Å². The van der Waals surface area contributed by atoms with E-state index in [1.165, 1.54) is 9.13 Å². The smallest absolute Gasteiger partial charge is 0.328 e. The van der Waals surface area contributed by atoms with Gasteiger partial charge in [-0.3, -0.25) is 13.9 Å². The Morgan fingerprint density at radius 3 is 2.74 bits per heavy atom. The molecule has 2 heterocycles. The van der Waals surface area contributed by atoms with Crippen molar-refractivity contribution in [3.05, 3.63) is 39.8 Å². The van der Waals surface area contributed by atoms with E-state index >= 15 is 0 Å². The first-order valence-corrected chi connectivity index (χ1v) is 6.37. The minimum Gasteiger partial charge on any atom is -0.328 e. The van der Waals surface area contributed by atoms with Crippen molar-refractivity contribution in [2.75, 3.05) is 0 Å². The highest BCUT2D eigenvalue weighted by Gasteiger charge is 2.15. The van der Waals surface area contributed by atoms with Gasteiger partial charge in [0.2, 0.25) is 0 Å². The average Bonchev–Trinajstić information content (AvgIpc) is 2.76. The molecule has 0 aliphatic carbocycles. The van der Waals surface area contributed by atoms with Gasteiger partial charge in [-0.25, -0.2) is 9.78 Å². The second kappa shape index (κ2) is 5.26. The third-order valence-corrected chi connectivity index (χ3v) is 3.19. The van der Waals surface area contributed by atoms with Gasteiger partial charge < -0.3 is 4.57 Å². The number of allylic oxidation sites excluding steroid dienone is 1. The molecule has 19 heavy (non-hydrogen) atoms. The highest BCUT2D eigenvalue weighted by Crippen LogP contribution is 2.04. The van der Waals surface area contributed by atoms with E-state index < -0.39 is 0 Å². The molecule has 0 aromatic carbocycles. The molecule has 0 amide bonds. The first-order chi connectivity index (χ1) is 9.11. The van der Waals surface area contributed by atoms with Crippen LogP contribution in [0.1, 0.15) is 19.8 Å². The summed E-state index contributed by atoms with van der Waals surface area (Å²) < 4.78 is 4.48. The Morgan fingerprint density at radius 2 is 2.11 bits per heavy atom. The van der Waals surface area contributed by atoms with E-state index in [9.17, 15) is 9.59 Å². The van der Waals surface area contributed by atoms with Gasteiger partial charge >= 0.3 is 5.69 Å². The van der Waals surface area contributed by atoms with Crippen LogP contribution in [0.4, 0.5) is 0 Å². The van der Waals surface area contributed by atoms with Gasteiger partial charge in [-0.1, -0.05) is 6.08 Å². The summed E-state index contributed by atoms with van der Waals surface area (Å²) in [6.45, 7) is 6.41. The summed E-state index contributed by atoms with van der Waals surface area (Å²) in [7, 11) is 1.76. The lowest BCUT2D eigenvalue weighted by Gasteiger charge is -2.09. The lowest BCUT2D eigenvalue weighted by atomic mass is 10.3. The molecule has 6 nitrogen and oxygen atoms in total. The summed E-state index contributed by atoms with van der Waals surface area (Å²) in [5, 5.41) is 0. The Labute approximate surface area is 110 Å². The third kappa shape index (κ3) is 2.14. The van der Waals surface area contributed by atoms with Gasteiger partial charge in [-0.15, -0.1) is 6.58 Å². The van der Waals surface area contributed by atoms with Crippen LogP contribution in [0.5, 0.6) is 0 Å². The molecule has 0 N–H and O–H groups in total. The number of unbranched alkanes of at least 4 members (excludes halogenated alkanes) is 1. The van der Waals surface area contributed by atoms with E-state index in [2.05, 4.69) is 11.6 Å². The van der Waals surface area contributed by atoms with E-state index in [1.54, 1.807) is 24.0 Å². The lowest BCUT2D eigenvalue weighted by molar-refractivity contribution is 0.559. The zero-order valence-corrected chi connectivity index (χ0v) is 11.3. The number of fused-ring (bicyclic) bond motifs is 1. The van der Waals surface area contributed by atoms with Crippen molar-refractivity contribution in [1.82, 2.24) is 18.7 Å². The van der Waals surface area contributed by atoms with Crippen molar-refractivity contribution in [2.24, 2.45) is 7.05 Å². The molecule has 102 valence electrons. The topological polar surface area (TPSA) is 61.8 Å². The van der Waals surface area contributed by atoms with Gasteiger partial charge in [-0.05, 0) is 19.8 Å². The average molecular weight is 262 g/mol. The molecule has 0 unspecified atom stereocenters. The molecule has 6 heteroatoms. The molecule has 2 aromatic rings. The van der Waals surface area contributed by atoms with E-state index in [1.807, 2.05) is 6.92 Å². The molecule has 0 fully saturated rings. The van der Waals surface area contributed by atoms with Gasteiger partial charge in [0.15, 0.2) is 11.2 Å². The highest BCUT2D eigenvalue weighted by atomic mass is 16.2. The van der Waals surface area contributed by atoms with Crippen LogP contribution in [0.3, 0.4) is 0 Å². The summed E-state index contributed by atoms with van der Waals surface area (Å²) in [5.41, 5.74) is 0.372. The van der Waals surface area contributed by atoms with Crippen LogP contribution in [-0.2, 0) is 20.1 Å². The van der Waals surface area contributed by atoms with Gasteiger partial charge in [0, 0.05) is 20.1 Å². The van der Waals surface area contributed by atoms with E-state index in [0.29, 0.717) is 24.3 Å². The summed E-state index contributed by atoms with van der Waals surface area (Å²) in [6, 6.07) is 0. The highest BCUT2D eigenvalue weighted by molar-refractivity contribution is 5.69. The summed E-state index contributed by atoms with van der Waals surface area (Å²) in [6.07, 6.45) is 4.85. The molecule has 0 saturated heterocycles. The number of imidazole rings is 1. The van der Waals surface area contributed by atoms with Gasteiger partial charge in [-0.2, -0.15) is 0 Å². The number of hydrogen-bond acceptors (Lipinski definition) is 3. The second-order valence-electron chi connectivity index (χ2n) is 4.44. The van der Waals surface area contributed by atoms with Crippen LogP contribution in [0.15, 0.2) is 28.6 Å². The van der Waals surface area contributed by atoms with Gasteiger partial charge in [0.05, 0.1) is 6.33 Å². The quantitative estimate of drug-likeness (QED) is 0.593. The molecule has 0 saturated carbocycles. The predicted molar refractivity (Wildman–Crippen MR) is 74.3 cm³/mol. The van der Waals surface area contributed by atoms with Crippen LogP contribution in [0, 0.1) is 0 Å². The Hall–Kier alpha value is -2.11. The second-order valence-corrected chi connectivity index (χ2v) is 4.44. The molecule has 2 rings (SSSR count). The van der Waals surface area contributed by atoms with Crippen LogP contribution in [0.2, 0.25) is 0 Å². The lowest BCUT2D eigenvalue weighted by Crippen LogP contribution is -2.40. The van der Waals surface area contributed by atoms with Crippen LogP contribution < -0.4 is 11.2 Å². The Morgan fingerprint density at radius 1 is 1.37 bits per heavy atom. The molecule has 0 spiro atoms. The molecule has 0 atom stereocenters. The van der Waals surface area contributed by atoms with Crippen molar-refractivity contribution >= 4 is 11.2 Å².